The van der Waals surface area contributed by atoms with Crippen LogP contribution in [0.3, 0.4) is 0 Å². The van der Waals surface area contributed by atoms with Crippen LogP contribution < -0.4 is 4.74 Å². The summed E-state index contributed by atoms with van der Waals surface area (Å²) in [6.45, 7) is 1.14. The van der Waals surface area contributed by atoms with Gasteiger partial charge in [0.15, 0.2) is 0 Å². The lowest BCUT2D eigenvalue weighted by molar-refractivity contribution is -0.276. The van der Waals surface area contributed by atoms with Crippen molar-refractivity contribution in [2.24, 2.45) is 0 Å². The summed E-state index contributed by atoms with van der Waals surface area (Å²) in [5.41, 5.74) is 0.738. The minimum Gasteiger partial charge on any atom is -0.391 e. The summed E-state index contributed by atoms with van der Waals surface area (Å²) in [6.07, 6.45) is -3.53. The minimum atomic E-state index is -4.80. The van der Waals surface area contributed by atoms with E-state index in [0.29, 0.717) is 9.13 Å². The maximum absolute atomic E-state index is 11.9. The maximum atomic E-state index is 11.9. The highest BCUT2D eigenvalue weighted by atomic mass is 127. The summed E-state index contributed by atoms with van der Waals surface area (Å²) in [5.74, 6) is -0.597. The second-order valence-electron chi connectivity index (χ2n) is 2.74. The van der Waals surface area contributed by atoms with Crippen molar-refractivity contribution in [1.82, 2.24) is 4.98 Å². The topological polar surface area (TPSA) is 42.4 Å². The number of aliphatic hydroxyl groups is 1. The molecule has 0 aromatic carbocycles. The minimum absolute atomic E-state index is 0.0490. The molecule has 1 aromatic heterocycles. The number of rotatable bonds is 2. The van der Waals surface area contributed by atoms with Gasteiger partial charge < -0.3 is 9.84 Å². The second kappa shape index (κ2) is 4.52. The van der Waals surface area contributed by atoms with Gasteiger partial charge in [-0.15, -0.1) is 13.2 Å². The molecule has 0 saturated heterocycles. The van der Waals surface area contributed by atoms with Gasteiger partial charge in [-0.25, -0.2) is 4.98 Å². The molecule has 15 heavy (non-hydrogen) atoms. The summed E-state index contributed by atoms with van der Waals surface area (Å²) in [4.78, 5) is 3.49. The number of halogens is 4. The van der Waals surface area contributed by atoms with Crippen LogP contribution in [0.25, 0.3) is 0 Å². The number of aliphatic hydroxyl groups excluding tert-OH is 1. The molecule has 0 spiro atoms. The van der Waals surface area contributed by atoms with E-state index < -0.39 is 18.8 Å². The molecule has 84 valence electrons. The molecule has 0 saturated carbocycles. The SMILES string of the molecule is Cc1cnc(OC(F)(F)F)c(CO)c1I. The highest BCUT2D eigenvalue weighted by Crippen LogP contribution is 2.28. The molecule has 0 aliphatic rings. The molecule has 0 fully saturated rings. The number of hydrogen-bond acceptors (Lipinski definition) is 3. The van der Waals surface area contributed by atoms with Crippen LogP contribution in [0.1, 0.15) is 11.1 Å². The molecule has 0 bridgehead atoms. The quantitative estimate of drug-likeness (QED) is 0.845. The van der Waals surface area contributed by atoms with Crippen molar-refractivity contribution in [2.45, 2.75) is 19.9 Å². The number of pyridine rings is 1. The summed E-state index contributed by atoms with van der Waals surface area (Å²) in [6, 6.07) is 0. The molecular formula is C8H7F3INO2. The highest BCUT2D eigenvalue weighted by Gasteiger charge is 2.33. The Hall–Kier alpha value is -0.570. The Morgan fingerprint density at radius 1 is 1.53 bits per heavy atom. The third-order valence-electron chi connectivity index (χ3n) is 1.62. The van der Waals surface area contributed by atoms with E-state index in [4.69, 9.17) is 5.11 Å². The van der Waals surface area contributed by atoms with Crippen molar-refractivity contribution in [3.05, 3.63) is 20.9 Å². The van der Waals surface area contributed by atoms with Crippen molar-refractivity contribution >= 4 is 22.6 Å². The van der Waals surface area contributed by atoms with Gasteiger partial charge in [-0.1, -0.05) is 0 Å². The standard InChI is InChI=1S/C8H7F3INO2/c1-4-2-13-7(15-8(9,10)11)5(3-14)6(4)12/h2,14H,3H2,1H3. The molecule has 1 aromatic rings. The number of nitrogens with zero attached hydrogens (tertiary/aromatic N) is 1. The molecule has 1 rings (SSSR count). The van der Waals surface area contributed by atoms with Crippen molar-refractivity contribution in [3.8, 4) is 5.88 Å². The van der Waals surface area contributed by atoms with Gasteiger partial charge in [0.1, 0.15) is 0 Å². The first-order valence-corrected chi connectivity index (χ1v) is 4.93. The lowest BCUT2D eigenvalue weighted by atomic mass is 10.2. The lowest BCUT2D eigenvalue weighted by Crippen LogP contribution is -2.19. The van der Waals surface area contributed by atoms with E-state index in [1.165, 1.54) is 6.20 Å². The Morgan fingerprint density at radius 2 is 2.13 bits per heavy atom. The molecule has 0 unspecified atom stereocenters. The highest BCUT2D eigenvalue weighted by molar-refractivity contribution is 14.1. The van der Waals surface area contributed by atoms with E-state index in [1.54, 1.807) is 6.92 Å². The van der Waals surface area contributed by atoms with Crippen LogP contribution in [0.15, 0.2) is 6.20 Å². The van der Waals surface area contributed by atoms with Gasteiger partial charge in [0.05, 0.1) is 12.2 Å². The zero-order valence-corrected chi connectivity index (χ0v) is 9.76. The van der Waals surface area contributed by atoms with Gasteiger partial charge in [0, 0.05) is 9.77 Å². The number of aryl methyl sites for hydroxylation is 1. The van der Waals surface area contributed by atoms with Gasteiger partial charge in [0.25, 0.3) is 0 Å². The predicted octanol–water partition coefficient (Wildman–Crippen LogP) is 2.39. The molecule has 0 atom stereocenters. The molecule has 3 nitrogen and oxygen atoms in total. The van der Waals surface area contributed by atoms with Crippen LogP contribution in [-0.4, -0.2) is 16.5 Å². The van der Waals surface area contributed by atoms with Gasteiger partial charge in [-0.3, -0.25) is 0 Å². The summed E-state index contributed by atoms with van der Waals surface area (Å²) >= 11 is 1.83. The van der Waals surface area contributed by atoms with E-state index in [9.17, 15) is 13.2 Å². The lowest BCUT2D eigenvalue weighted by Gasteiger charge is -2.13. The molecule has 0 aliphatic heterocycles. The summed E-state index contributed by atoms with van der Waals surface area (Å²) in [5, 5.41) is 8.93. The van der Waals surface area contributed by atoms with Crippen LogP contribution in [0, 0.1) is 10.5 Å². The molecule has 0 aliphatic carbocycles. The smallest absolute Gasteiger partial charge is 0.391 e. The van der Waals surface area contributed by atoms with Crippen molar-refractivity contribution in [3.63, 3.8) is 0 Å². The fourth-order valence-electron chi connectivity index (χ4n) is 0.957. The normalized spacial score (nSPS) is 11.6. The van der Waals surface area contributed by atoms with Gasteiger partial charge in [-0.05, 0) is 35.1 Å². The Balaban J connectivity index is 3.14. The monoisotopic (exact) mass is 333 g/mol. The fourth-order valence-corrected chi connectivity index (χ4v) is 1.50. The van der Waals surface area contributed by atoms with Crippen LogP contribution in [0.2, 0.25) is 0 Å². The van der Waals surface area contributed by atoms with E-state index in [2.05, 4.69) is 9.72 Å². The first kappa shape index (κ1) is 12.5. The first-order valence-electron chi connectivity index (χ1n) is 3.85. The Labute approximate surface area is 97.4 Å². The van der Waals surface area contributed by atoms with E-state index in [1.807, 2.05) is 22.6 Å². The Bertz CT molecular complexity index is 368. The van der Waals surface area contributed by atoms with Crippen molar-refractivity contribution in [1.29, 1.82) is 0 Å². The van der Waals surface area contributed by atoms with Gasteiger partial charge in [-0.2, -0.15) is 0 Å². The average molecular weight is 333 g/mol. The summed E-state index contributed by atoms with van der Waals surface area (Å²) in [7, 11) is 0. The number of ether oxygens (including phenoxy) is 1. The van der Waals surface area contributed by atoms with Crippen LogP contribution in [0.5, 0.6) is 5.88 Å². The Kier molecular flexibility index (Phi) is 3.77. The van der Waals surface area contributed by atoms with E-state index in [-0.39, 0.29) is 5.56 Å². The number of aromatic nitrogens is 1. The van der Waals surface area contributed by atoms with Gasteiger partial charge >= 0.3 is 6.36 Å². The predicted molar refractivity (Wildman–Crippen MR) is 54.3 cm³/mol. The van der Waals surface area contributed by atoms with Crippen molar-refractivity contribution < 1.29 is 23.0 Å². The van der Waals surface area contributed by atoms with Crippen LogP contribution in [0.4, 0.5) is 13.2 Å². The fraction of sp³-hybridized carbons (Fsp3) is 0.375. The maximum Gasteiger partial charge on any atom is 0.574 e. The third kappa shape index (κ3) is 3.20. The van der Waals surface area contributed by atoms with E-state index in [0.717, 1.165) is 0 Å². The Morgan fingerprint density at radius 3 is 2.60 bits per heavy atom. The third-order valence-corrected chi connectivity index (χ3v) is 3.12. The van der Waals surface area contributed by atoms with Crippen molar-refractivity contribution in [2.75, 3.05) is 0 Å². The van der Waals surface area contributed by atoms with Crippen LogP contribution in [-0.2, 0) is 6.61 Å². The molecule has 0 radical (unpaired) electrons. The molecule has 1 N–H and O–H groups in total. The number of alkyl halides is 3. The average Bonchev–Trinajstić information content (AvgIpc) is 2.10. The van der Waals surface area contributed by atoms with Gasteiger partial charge in [0.2, 0.25) is 5.88 Å². The largest absolute Gasteiger partial charge is 0.574 e. The first-order chi connectivity index (χ1) is 6.85. The molecule has 1 heterocycles. The zero-order chi connectivity index (χ0) is 11.6. The second-order valence-corrected chi connectivity index (χ2v) is 3.82. The number of hydrogen-bond donors (Lipinski definition) is 1. The zero-order valence-electron chi connectivity index (χ0n) is 7.60. The molecule has 7 heteroatoms. The summed E-state index contributed by atoms with van der Waals surface area (Å²) < 4.78 is 40.0. The van der Waals surface area contributed by atoms with Crippen LogP contribution >= 0.6 is 22.6 Å². The molecular weight excluding hydrogens is 326 g/mol. The van der Waals surface area contributed by atoms with E-state index >= 15 is 0 Å². The molecule has 0 amide bonds.